The third-order valence-electron chi connectivity index (χ3n) is 4.69. The molecule has 0 aliphatic carbocycles. The second-order valence-corrected chi connectivity index (χ2v) is 6.04. The Labute approximate surface area is 115 Å². The summed E-state index contributed by atoms with van der Waals surface area (Å²) >= 11 is 0. The molecule has 0 aromatic rings. The molecule has 3 aliphatic rings. The lowest BCUT2D eigenvalue weighted by Gasteiger charge is -2.36. The van der Waals surface area contributed by atoms with Crippen molar-refractivity contribution in [3.63, 3.8) is 0 Å². The third kappa shape index (κ3) is 3.27. The van der Waals surface area contributed by atoms with Gasteiger partial charge < -0.3 is 15.4 Å². The maximum Gasteiger partial charge on any atom is 0.234 e. The Balaban J connectivity index is 1.43. The first-order valence-electron chi connectivity index (χ1n) is 7.66. The SMILES string of the molecule is O=C(CN1CCCC2CNCC21)NCC1CCCO1. The number of nitrogens with one attached hydrogen (secondary N) is 2. The molecule has 108 valence electrons. The topological polar surface area (TPSA) is 53.6 Å². The molecule has 5 heteroatoms. The van der Waals surface area contributed by atoms with Gasteiger partial charge in [-0.2, -0.15) is 0 Å². The summed E-state index contributed by atoms with van der Waals surface area (Å²) in [6.45, 7) is 5.31. The van der Waals surface area contributed by atoms with Gasteiger partial charge in [-0.25, -0.2) is 0 Å². The molecule has 0 aromatic carbocycles. The monoisotopic (exact) mass is 267 g/mol. The van der Waals surface area contributed by atoms with Gasteiger partial charge in [0.25, 0.3) is 0 Å². The van der Waals surface area contributed by atoms with Crippen molar-refractivity contribution < 1.29 is 9.53 Å². The van der Waals surface area contributed by atoms with Crippen LogP contribution >= 0.6 is 0 Å². The highest BCUT2D eigenvalue weighted by molar-refractivity contribution is 5.78. The van der Waals surface area contributed by atoms with Crippen LogP contribution in [0.4, 0.5) is 0 Å². The van der Waals surface area contributed by atoms with Crippen LogP contribution in [0.25, 0.3) is 0 Å². The number of nitrogens with zero attached hydrogens (tertiary/aromatic N) is 1. The molecule has 1 amide bonds. The third-order valence-corrected chi connectivity index (χ3v) is 4.69. The number of likely N-dealkylation sites (tertiary alicyclic amines) is 1. The van der Waals surface area contributed by atoms with Crippen LogP contribution in [0.3, 0.4) is 0 Å². The van der Waals surface area contributed by atoms with Gasteiger partial charge in [0.05, 0.1) is 12.6 Å². The minimum Gasteiger partial charge on any atom is -0.376 e. The van der Waals surface area contributed by atoms with Crippen molar-refractivity contribution in [1.82, 2.24) is 15.5 Å². The number of amides is 1. The molecule has 0 radical (unpaired) electrons. The number of piperidine rings is 1. The van der Waals surface area contributed by atoms with Crippen molar-refractivity contribution in [2.24, 2.45) is 5.92 Å². The van der Waals surface area contributed by atoms with Crippen LogP contribution in [-0.2, 0) is 9.53 Å². The number of carbonyl (C=O) groups excluding carboxylic acids is 1. The summed E-state index contributed by atoms with van der Waals surface area (Å²) in [5, 5.41) is 6.48. The second kappa shape index (κ2) is 6.20. The Kier molecular flexibility index (Phi) is 4.35. The molecule has 0 saturated carbocycles. The predicted octanol–water partition coefficient (Wildman–Crippen LogP) is -0.0346. The van der Waals surface area contributed by atoms with E-state index in [0.29, 0.717) is 19.1 Å². The van der Waals surface area contributed by atoms with Crippen LogP contribution in [0.2, 0.25) is 0 Å². The molecule has 3 aliphatic heterocycles. The second-order valence-electron chi connectivity index (χ2n) is 6.04. The van der Waals surface area contributed by atoms with Crippen LogP contribution in [0.1, 0.15) is 25.7 Å². The highest BCUT2D eigenvalue weighted by atomic mass is 16.5. The summed E-state index contributed by atoms with van der Waals surface area (Å²) in [5.41, 5.74) is 0. The van der Waals surface area contributed by atoms with Crippen LogP contribution < -0.4 is 10.6 Å². The van der Waals surface area contributed by atoms with E-state index >= 15 is 0 Å². The summed E-state index contributed by atoms with van der Waals surface area (Å²) in [4.78, 5) is 14.4. The Bertz CT molecular complexity index is 318. The van der Waals surface area contributed by atoms with E-state index in [2.05, 4.69) is 15.5 Å². The summed E-state index contributed by atoms with van der Waals surface area (Å²) in [6, 6.07) is 0.572. The van der Waals surface area contributed by atoms with E-state index in [4.69, 9.17) is 4.74 Å². The van der Waals surface area contributed by atoms with E-state index in [-0.39, 0.29) is 12.0 Å². The minimum absolute atomic E-state index is 0.156. The normalized spacial score (nSPS) is 35.3. The Morgan fingerprint density at radius 2 is 2.26 bits per heavy atom. The van der Waals surface area contributed by atoms with Crippen molar-refractivity contribution in [2.45, 2.75) is 37.8 Å². The number of hydrogen-bond acceptors (Lipinski definition) is 4. The van der Waals surface area contributed by atoms with Gasteiger partial charge >= 0.3 is 0 Å². The van der Waals surface area contributed by atoms with E-state index in [1.165, 1.54) is 12.8 Å². The van der Waals surface area contributed by atoms with E-state index in [0.717, 1.165) is 45.0 Å². The molecule has 5 nitrogen and oxygen atoms in total. The first-order chi connectivity index (χ1) is 9.33. The van der Waals surface area contributed by atoms with Crippen LogP contribution in [0.15, 0.2) is 0 Å². The molecule has 19 heavy (non-hydrogen) atoms. The molecular formula is C14H25N3O2. The molecule has 3 unspecified atom stereocenters. The van der Waals surface area contributed by atoms with Gasteiger partial charge in [0.2, 0.25) is 5.91 Å². The highest BCUT2D eigenvalue weighted by Crippen LogP contribution is 2.25. The van der Waals surface area contributed by atoms with E-state index in [9.17, 15) is 4.79 Å². The van der Waals surface area contributed by atoms with Crippen LogP contribution in [-0.4, -0.2) is 62.3 Å². The number of hydrogen-bond donors (Lipinski definition) is 2. The fourth-order valence-electron chi connectivity index (χ4n) is 3.63. The fraction of sp³-hybridized carbons (Fsp3) is 0.929. The molecule has 3 heterocycles. The number of ether oxygens (including phenoxy) is 1. The summed E-state index contributed by atoms with van der Waals surface area (Å²) in [7, 11) is 0. The van der Waals surface area contributed by atoms with Crippen LogP contribution in [0.5, 0.6) is 0 Å². The molecule has 3 atom stereocenters. The maximum absolute atomic E-state index is 12.0. The van der Waals surface area contributed by atoms with Crippen molar-refractivity contribution >= 4 is 5.91 Å². The van der Waals surface area contributed by atoms with Gasteiger partial charge in [0.1, 0.15) is 0 Å². The zero-order chi connectivity index (χ0) is 13.1. The van der Waals surface area contributed by atoms with Crippen molar-refractivity contribution in [1.29, 1.82) is 0 Å². The largest absolute Gasteiger partial charge is 0.376 e. The summed E-state index contributed by atoms with van der Waals surface area (Å²) in [5.74, 6) is 0.905. The van der Waals surface area contributed by atoms with Gasteiger partial charge in [-0.1, -0.05) is 0 Å². The van der Waals surface area contributed by atoms with Crippen molar-refractivity contribution in [2.75, 3.05) is 39.3 Å². The number of carbonyl (C=O) groups is 1. The zero-order valence-electron chi connectivity index (χ0n) is 11.6. The standard InChI is InChI=1S/C14H25N3O2/c18-14(16-8-12-4-2-6-19-12)10-17-5-1-3-11-7-15-9-13(11)17/h11-13,15H,1-10H2,(H,16,18). The molecule has 0 bridgehead atoms. The first-order valence-corrected chi connectivity index (χ1v) is 7.66. The molecule has 3 fully saturated rings. The lowest BCUT2D eigenvalue weighted by atomic mass is 9.92. The smallest absolute Gasteiger partial charge is 0.234 e. The van der Waals surface area contributed by atoms with E-state index < -0.39 is 0 Å². The Hall–Kier alpha value is -0.650. The maximum atomic E-state index is 12.0. The first kappa shape index (κ1) is 13.3. The van der Waals surface area contributed by atoms with E-state index in [1.54, 1.807) is 0 Å². The Morgan fingerprint density at radius 3 is 3.11 bits per heavy atom. The summed E-state index contributed by atoms with van der Waals surface area (Å²) < 4.78 is 5.52. The molecule has 3 saturated heterocycles. The van der Waals surface area contributed by atoms with Crippen LogP contribution in [0, 0.1) is 5.92 Å². The highest BCUT2D eigenvalue weighted by Gasteiger charge is 2.35. The van der Waals surface area contributed by atoms with Gasteiger partial charge in [-0.05, 0) is 44.7 Å². The summed E-state index contributed by atoms with van der Waals surface area (Å²) in [6.07, 6.45) is 4.99. The lowest BCUT2D eigenvalue weighted by Crippen LogP contribution is -2.49. The average Bonchev–Trinajstić information content (AvgIpc) is 3.08. The molecule has 0 aromatic heterocycles. The minimum atomic E-state index is 0.156. The number of fused-ring (bicyclic) bond motifs is 1. The fourth-order valence-corrected chi connectivity index (χ4v) is 3.63. The molecule has 0 spiro atoms. The lowest BCUT2D eigenvalue weighted by molar-refractivity contribution is -0.123. The van der Waals surface area contributed by atoms with Gasteiger partial charge in [-0.3, -0.25) is 9.69 Å². The van der Waals surface area contributed by atoms with Gasteiger partial charge in [-0.15, -0.1) is 0 Å². The Morgan fingerprint density at radius 1 is 1.32 bits per heavy atom. The van der Waals surface area contributed by atoms with E-state index in [1.807, 2.05) is 0 Å². The van der Waals surface area contributed by atoms with Crippen molar-refractivity contribution in [3.8, 4) is 0 Å². The average molecular weight is 267 g/mol. The zero-order valence-corrected chi connectivity index (χ0v) is 11.6. The van der Waals surface area contributed by atoms with Gasteiger partial charge in [0.15, 0.2) is 0 Å². The predicted molar refractivity (Wildman–Crippen MR) is 72.9 cm³/mol. The van der Waals surface area contributed by atoms with Gasteiger partial charge in [0, 0.05) is 25.7 Å². The number of rotatable bonds is 4. The molecule has 2 N–H and O–H groups in total. The quantitative estimate of drug-likeness (QED) is 0.751. The molecule has 3 rings (SSSR count). The van der Waals surface area contributed by atoms with Crippen molar-refractivity contribution in [3.05, 3.63) is 0 Å². The molecular weight excluding hydrogens is 242 g/mol.